The van der Waals surface area contributed by atoms with Crippen molar-refractivity contribution in [2.24, 2.45) is 17.6 Å². The maximum absolute atomic E-state index is 13.4. The highest BCUT2D eigenvalue weighted by molar-refractivity contribution is 5.56. The summed E-state index contributed by atoms with van der Waals surface area (Å²) >= 11 is 0. The monoisotopic (exact) mass is 248 g/mol. The van der Waals surface area contributed by atoms with Gasteiger partial charge in [0.1, 0.15) is 5.82 Å². The first-order valence-corrected chi connectivity index (χ1v) is 6.95. The number of nitrogens with two attached hydrogens (primary N) is 1. The highest BCUT2D eigenvalue weighted by atomic mass is 19.1. The molecule has 1 aromatic rings. The summed E-state index contributed by atoms with van der Waals surface area (Å²) in [6.07, 6.45) is 4.10. The van der Waals surface area contributed by atoms with Gasteiger partial charge in [-0.25, -0.2) is 4.39 Å². The smallest absolute Gasteiger partial charge is 0.123 e. The summed E-state index contributed by atoms with van der Waals surface area (Å²) in [6, 6.07) is 4.93. The molecular formula is C15H21FN2. The van der Waals surface area contributed by atoms with Gasteiger partial charge < -0.3 is 10.6 Å². The fraction of sp³-hybridized carbons (Fsp3) is 0.600. The molecule has 1 saturated heterocycles. The fourth-order valence-electron chi connectivity index (χ4n) is 3.61. The topological polar surface area (TPSA) is 29.3 Å². The van der Waals surface area contributed by atoms with E-state index < -0.39 is 0 Å². The molecule has 1 saturated carbocycles. The van der Waals surface area contributed by atoms with E-state index in [2.05, 4.69) is 4.90 Å². The number of nitrogens with zero attached hydrogens (tertiary/aromatic N) is 1. The second-order valence-corrected chi connectivity index (χ2v) is 5.85. The number of anilines is 1. The molecule has 98 valence electrons. The van der Waals surface area contributed by atoms with Gasteiger partial charge in [0.15, 0.2) is 0 Å². The lowest BCUT2D eigenvalue weighted by molar-refractivity contribution is 0.494. The van der Waals surface area contributed by atoms with Crippen LogP contribution in [0.5, 0.6) is 0 Å². The Morgan fingerprint density at radius 2 is 1.94 bits per heavy atom. The van der Waals surface area contributed by atoms with E-state index in [1.165, 1.54) is 19.3 Å². The van der Waals surface area contributed by atoms with Crippen molar-refractivity contribution in [3.8, 4) is 0 Å². The van der Waals surface area contributed by atoms with Crippen LogP contribution in [-0.2, 0) is 0 Å². The van der Waals surface area contributed by atoms with Crippen molar-refractivity contribution < 1.29 is 4.39 Å². The predicted molar refractivity (Wildman–Crippen MR) is 72.0 cm³/mol. The van der Waals surface area contributed by atoms with Gasteiger partial charge in [-0.15, -0.1) is 0 Å². The summed E-state index contributed by atoms with van der Waals surface area (Å²) < 4.78 is 13.4. The van der Waals surface area contributed by atoms with Crippen molar-refractivity contribution in [2.75, 3.05) is 18.0 Å². The Labute approximate surface area is 108 Å². The minimum Gasteiger partial charge on any atom is -0.371 e. The zero-order valence-corrected chi connectivity index (χ0v) is 10.9. The number of hydrogen-bond acceptors (Lipinski definition) is 2. The first-order valence-electron chi connectivity index (χ1n) is 6.95. The summed E-state index contributed by atoms with van der Waals surface area (Å²) in [5.41, 5.74) is 8.05. The summed E-state index contributed by atoms with van der Waals surface area (Å²) in [4.78, 5) is 2.41. The molecule has 2 aliphatic rings. The molecule has 1 aliphatic carbocycles. The van der Waals surface area contributed by atoms with E-state index in [0.717, 1.165) is 36.2 Å². The SMILES string of the molecule is C[C@H](N)c1cc(F)ccc1N1CC2CCCC2C1. The van der Waals surface area contributed by atoms with Crippen LogP contribution in [0, 0.1) is 17.7 Å². The van der Waals surface area contributed by atoms with Crippen LogP contribution in [0.3, 0.4) is 0 Å². The van der Waals surface area contributed by atoms with Crippen LogP contribution in [0.4, 0.5) is 10.1 Å². The first-order chi connectivity index (χ1) is 8.65. The van der Waals surface area contributed by atoms with Gasteiger partial charge in [-0.05, 0) is 55.4 Å². The van der Waals surface area contributed by atoms with E-state index >= 15 is 0 Å². The molecule has 0 spiro atoms. The molecule has 0 bridgehead atoms. The molecule has 18 heavy (non-hydrogen) atoms. The van der Waals surface area contributed by atoms with Crippen LogP contribution in [0.2, 0.25) is 0 Å². The van der Waals surface area contributed by atoms with Crippen molar-refractivity contribution in [3.05, 3.63) is 29.6 Å². The second-order valence-electron chi connectivity index (χ2n) is 5.85. The van der Waals surface area contributed by atoms with Crippen LogP contribution < -0.4 is 10.6 Å². The number of halogens is 1. The van der Waals surface area contributed by atoms with E-state index in [1.807, 2.05) is 13.0 Å². The van der Waals surface area contributed by atoms with Crippen molar-refractivity contribution in [2.45, 2.75) is 32.2 Å². The van der Waals surface area contributed by atoms with Crippen LogP contribution in [-0.4, -0.2) is 13.1 Å². The zero-order chi connectivity index (χ0) is 12.7. The molecule has 3 atom stereocenters. The number of fused-ring (bicyclic) bond motifs is 1. The molecular weight excluding hydrogens is 227 g/mol. The standard InChI is InChI=1S/C15H21FN2/c1-10(17)14-7-13(16)5-6-15(14)18-8-11-3-2-4-12(11)9-18/h5-7,10-12H,2-4,8-9,17H2,1H3/t10-,11?,12?/m0/s1. The molecule has 0 radical (unpaired) electrons. The Hall–Kier alpha value is -1.09. The third-order valence-corrected chi connectivity index (χ3v) is 4.55. The molecule has 3 heteroatoms. The molecule has 2 fully saturated rings. The third-order valence-electron chi connectivity index (χ3n) is 4.55. The third kappa shape index (κ3) is 2.01. The molecule has 1 aromatic carbocycles. The molecule has 2 nitrogen and oxygen atoms in total. The average Bonchev–Trinajstić information content (AvgIpc) is 2.88. The van der Waals surface area contributed by atoms with Gasteiger partial charge >= 0.3 is 0 Å². The van der Waals surface area contributed by atoms with Crippen LogP contribution >= 0.6 is 0 Å². The summed E-state index contributed by atoms with van der Waals surface area (Å²) in [7, 11) is 0. The number of rotatable bonds is 2. The highest BCUT2D eigenvalue weighted by Gasteiger charge is 2.36. The van der Waals surface area contributed by atoms with Gasteiger partial charge in [-0.3, -0.25) is 0 Å². The summed E-state index contributed by atoms with van der Waals surface area (Å²) in [5, 5.41) is 0. The van der Waals surface area contributed by atoms with E-state index in [-0.39, 0.29) is 11.9 Å². The van der Waals surface area contributed by atoms with Crippen molar-refractivity contribution in [1.82, 2.24) is 0 Å². The average molecular weight is 248 g/mol. The van der Waals surface area contributed by atoms with Crippen molar-refractivity contribution >= 4 is 5.69 Å². The van der Waals surface area contributed by atoms with Gasteiger partial charge in [0, 0.05) is 24.8 Å². The maximum Gasteiger partial charge on any atom is 0.123 e. The molecule has 0 aromatic heterocycles. The Bertz CT molecular complexity index is 432. The van der Waals surface area contributed by atoms with Gasteiger partial charge in [0.05, 0.1) is 0 Å². The van der Waals surface area contributed by atoms with Gasteiger partial charge in [-0.2, -0.15) is 0 Å². The molecule has 1 aliphatic heterocycles. The van der Waals surface area contributed by atoms with Gasteiger partial charge in [0.25, 0.3) is 0 Å². The number of hydrogen-bond donors (Lipinski definition) is 1. The van der Waals surface area contributed by atoms with Crippen LogP contribution in [0.25, 0.3) is 0 Å². The lowest BCUT2D eigenvalue weighted by Gasteiger charge is -2.24. The molecule has 2 N–H and O–H groups in total. The van der Waals surface area contributed by atoms with Crippen molar-refractivity contribution in [3.63, 3.8) is 0 Å². The Morgan fingerprint density at radius 3 is 2.56 bits per heavy atom. The normalized spacial score (nSPS) is 28.5. The van der Waals surface area contributed by atoms with Gasteiger partial charge in [-0.1, -0.05) is 6.42 Å². The lowest BCUT2D eigenvalue weighted by atomic mass is 10.0. The first kappa shape index (κ1) is 12.0. The van der Waals surface area contributed by atoms with E-state index in [9.17, 15) is 4.39 Å². The molecule has 2 unspecified atom stereocenters. The molecule has 1 heterocycles. The van der Waals surface area contributed by atoms with Crippen LogP contribution in [0.15, 0.2) is 18.2 Å². The number of benzene rings is 1. The fourth-order valence-corrected chi connectivity index (χ4v) is 3.61. The Kier molecular flexibility index (Phi) is 3.02. The Morgan fingerprint density at radius 1 is 1.28 bits per heavy atom. The van der Waals surface area contributed by atoms with E-state index in [4.69, 9.17) is 5.73 Å². The summed E-state index contributed by atoms with van der Waals surface area (Å²) in [5.74, 6) is 1.50. The summed E-state index contributed by atoms with van der Waals surface area (Å²) in [6.45, 7) is 4.17. The van der Waals surface area contributed by atoms with Crippen LogP contribution in [0.1, 0.15) is 37.8 Å². The lowest BCUT2D eigenvalue weighted by Crippen LogP contribution is -2.23. The van der Waals surface area contributed by atoms with E-state index in [0.29, 0.717) is 0 Å². The Balaban J connectivity index is 1.88. The predicted octanol–water partition coefficient (Wildman–Crippen LogP) is 3.08. The largest absolute Gasteiger partial charge is 0.371 e. The van der Waals surface area contributed by atoms with E-state index in [1.54, 1.807) is 12.1 Å². The quantitative estimate of drug-likeness (QED) is 0.871. The molecule has 3 rings (SSSR count). The van der Waals surface area contributed by atoms with Crippen molar-refractivity contribution in [1.29, 1.82) is 0 Å². The minimum absolute atomic E-state index is 0.115. The second kappa shape index (κ2) is 4.54. The highest BCUT2D eigenvalue weighted by Crippen LogP contribution is 2.41. The zero-order valence-electron chi connectivity index (χ0n) is 10.9. The van der Waals surface area contributed by atoms with Gasteiger partial charge in [0.2, 0.25) is 0 Å². The maximum atomic E-state index is 13.4. The molecule has 0 amide bonds. The minimum atomic E-state index is -0.189.